The van der Waals surface area contributed by atoms with E-state index >= 15 is 0 Å². The number of hydrogen-bond donors (Lipinski definition) is 2. The number of unbranched alkanes of at least 4 members (excludes halogenated alkanes) is 1. The minimum Gasteiger partial charge on any atom is -0.469 e. The first-order valence-corrected chi connectivity index (χ1v) is 7.01. The van der Waals surface area contributed by atoms with Gasteiger partial charge < -0.3 is 15.4 Å². The van der Waals surface area contributed by atoms with Crippen LogP contribution in [0.2, 0.25) is 0 Å². The predicted octanol–water partition coefficient (Wildman–Crippen LogP) is 0.885. The fraction of sp³-hybridized carbons (Fsp3) is 0.818. The number of nitrogens with one attached hydrogen (secondary N) is 2. The number of fused-ring (bicyclic) bond motifs is 1. The Hall–Kier alpha value is -0.910. The lowest BCUT2D eigenvalue weighted by molar-refractivity contribution is -0.140. The van der Waals surface area contributed by atoms with Gasteiger partial charge in [-0.3, -0.25) is 4.79 Å². The predicted molar refractivity (Wildman–Crippen MR) is 66.0 cm³/mol. The van der Waals surface area contributed by atoms with Crippen molar-refractivity contribution in [3.05, 3.63) is 0 Å². The van der Waals surface area contributed by atoms with E-state index < -0.39 is 0 Å². The van der Waals surface area contributed by atoms with Gasteiger partial charge in [0.15, 0.2) is 0 Å². The average Bonchev–Trinajstić information content (AvgIpc) is 2.84. The van der Waals surface area contributed by atoms with Crippen molar-refractivity contribution >= 4 is 23.8 Å². The van der Waals surface area contributed by atoms with Crippen LogP contribution in [-0.2, 0) is 9.53 Å². The van der Waals surface area contributed by atoms with E-state index in [9.17, 15) is 9.59 Å². The molecule has 0 saturated carbocycles. The molecule has 17 heavy (non-hydrogen) atoms. The fourth-order valence-electron chi connectivity index (χ4n) is 2.36. The minimum absolute atomic E-state index is 0.0418. The molecule has 3 atom stereocenters. The summed E-state index contributed by atoms with van der Waals surface area (Å²) in [4.78, 5) is 22.1. The number of esters is 1. The molecular weight excluding hydrogens is 240 g/mol. The summed E-state index contributed by atoms with van der Waals surface area (Å²) >= 11 is 1.91. The van der Waals surface area contributed by atoms with Crippen molar-refractivity contribution in [2.75, 3.05) is 12.9 Å². The highest BCUT2D eigenvalue weighted by atomic mass is 32.2. The number of amides is 2. The second kappa shape index (κ2) is 5.62. The van der Waals surface area contributed by atoms with Crippen molar-refractivity contribution in [2.45, 2.75) is 43.0 Å². The van der Waals surface area contributed by atoms with Gasteiger partial charge >= 0.3 is 12.0 Å². The molecule has 2 aliphatic heterocycles. The third kappa shape index (κ3) is 3.06. The van der Waals surface area contributed by atoms with Crippen LogP contribution in [0.1, 0.15) is 25.7 Å². The molecule has 2 rings (SSSR count). The smallest absolute Gasteiger partial charge is 0.315 e. The van der Waals surface area contributed by atoms with E-state index in [1.54, 1.807) is 0 Å². The number of hydrogen-bond acceptors (Lipinski definition) is 4. The van der Waals surface area contributed by atoms with E-state index in [4.69, 9.17) is 0 Å². The Labute approximate surface area is 105 Å². The molecule has 0 spiro atoms. The molecule has 0 aromatic carbocycles. The topological polar surface area (TPSA) is 67.4 Å². The number of methoxy groups -OCH3 is 1. The molecule has 5 nitrogen and oxygen atoms in total. The number of ether oxygens (including phenoxy) is 1. The first-order valence-electron chi connectivity index (χ1n) is 5.96. The molecule has 96 valence electrons. The molecule has 2 heterocycles. The molecule has 0 aromatic rings. The highest BCUT2D eigenvalue weighted by Crippen LogP contribution is 2.33. The summed E-state index contributed by atoms with van der Waals surface area (Å²) in [5.74, 6) is 0.850. The molecule has 2 aliphatic rings. The van der Waals surface area contributed by atoms with E-state index in [1.165, 1.54) is 7.11 Å². The van der Waals surface area contributed by atoms with Gasteiger partial charge in [-0.15, -0.1) is 0 Å². The highest BCUT2D eigenvalue weighted by Gasteiger charge is 2.42. The zero-order chi connectivity index (χ0) is 12.3. The van der Waals surface area contributed by atoms with Crippen molar-refractivity contribution in [3.63, 3.8) is 0 Å². The molecule has 0 aliphatic carbocycles. The summed E-state index contributed by atoms with van der Waals surface area (Å²) in [6, 6.07) is 0.517. The van der Waals surface area contributed by atoms with Gasteiger partial charge in [0.1, 0.15) is 0 Å². The monoisotopic (exact) mass is 258 g/mol. The summed E-state index contributed by atoms with van der Waals surface area (Å²) in [6.07, 6.45) is 3.41. The summed E-state index contributed by atoms with van der Waals surface area (Å²) in [6.45, 7) is 0. The minimum atomic E-state index is -0.141. The molecular formula is C11H18N2O3S. The largest absolute Gasteiger partial charge is 0.469 e. The number of rotatable bonds is 5. The Morgan fingerprint density at radius 2 is 2.29 bits per heavy atom. The molecule has 2 saturated heterocycles. The van der Waals surface area contributed by atoms with E-state index in [0.717, 1.165) is 25.0 Å². The van der Waals surface area contributed by atoms with Gasteiger partial charge in [0.05, 0.1) is 19.2 Å². The quantitative estimate of drug-likeness (QED) is 0.436. The molecule has 0 radical (unpaired) electrons. The van der Waals surface area contributed by atoms with Crippen molar-refractivity contribution < 1.29 is 14.3 Å². The van der Waals surface area contributed by atoms with Crippen molar-refractivity contribution in [2.24, 2.45) is 0 Å². The number of carbonyl (C=O) groups is 2. The lowest BCUT2D eigenvalue weighted by Crippen LogP contribution is -2.36. The highest BCUT2D eigenvalue weighted by molar-refractivity contribution is 8.00. The van der Waals surface area contributed by atoms with Gasteiger partial charge in [0.2, 0.25) is 0 Å². The molecule has 2 amide bonds. The van der Waals surface area contributed by atoms with Crippen LogP contribution in [-0.4, -0.2) is 42.2 Å². The Bertz CT molecular complexity index is 311. The van der Waals surface area contributed by atoms with Gasteiger partial charge in [-0.25, -0.2) is 4.79 Å². The lowest BCUT2D eigenvalue weighted by Gasteiger charge is -2.16. The number of thioether (sulfide) groups is 1. The molecule has 0 unspecified atom stereocenters. The van der Waals surface area contributed by atoms with Gasteiger partial charge in [-0.1, -0.05) is 6.42 Å². The Morgan fingerprint density at radius 3 is 3.06 bits per heavy atom. The van der Waals surface area contributed by atoms with E-state index in [2.05, 4.69) is 15.4 Å². The van der Waals surface area contributed by atoms with Crippen LogP contribution in [0, 0.1) is 0 Å². The standard InChI is InChI=1S/C11H18N2O3S/c1-16-9(14)5-3-2-4-8-10-7(6-17-8)12-11(15)13-10/h7-8,10H,2-6H2,1H3,(H2,12,13,15)/t7-,8+,10+/m1/s1. The zero-order valence-corrected chi connectivity index (χ0v) is 10.7. The fourth-order valence-corrected chi connectivity index (χ4v) is 3.90. The summed E-state index contributed by atoms with van der Waals surface area (Å²) in [5.41, 5.74) is 0. The first-order chi connectivity index (χ1) is 8.20. The maximum absolute atomic E-state index is 11.2. The maximum atomic E-state index is 11.2. The van der Waals surface area contributed by atoms with Crippen LogP contribution in [0.5, 0.6) is 0 Å². The average molecular weight is 258 g/mol. The van der Waals surface area contributed by atoms with Crippen LogP contribution < -0.4 is 10.6 Å². The van der Waals surface area contributed by atoms with Crippen molar-refractivity contribution in [1.29, 1.82) is 0 Å². The first kappa shape index (κ1) is 12.5. The van der Waals surface area contributed by atoms with Gasteiger partial charge in [-0.05, 0) is 12.8 Å². The SMILES string of the molecule is COC(=O)CCCC[C@@H]1SC[C@H]2NC(=O)N[C@H]12. The van der Waals surface area contributed by atoms with Crippen LogP contribution in [0.4, 0.5) is 4.79 Å². The second-order valence-electron chi connectivity index (χ2n) is 4.44. The summed E-state index contributed by atoms with van der Waals surface area (Å²) < 4.78 is 4.59. The van der Waals surface area contributed by atoms with E-state index in [-0.39, 0.29) is 24.1 Å². The van der Waals surface area contributed by atoms with Crippen LogP contribution in [0.25, 0.3) is 0 Å². The number of carbonyl (C=O) groups excluding carboxylic acids is 2. The Balaban J connectivity index is 1.66. The van der Waals surface area contributed by atoms with Crippen LogP contribution in [0.15, 0.2) is 0 Å². The molecule has 6 heteroatoms. The van der Waals surface area contributed by atoms with Crippen molar-refractivity contribution in [1.82, 2.24) is 10.6 Å². The summed E-state index contributed by atoms with van der Waals surface area (Å²) in [7, 11) is 1.42. The van der Waals surface area contributed by atoms with Crippen LogP contribution >= 0.6 is 11.8 Å². The van der Waals surface area contributed by atoms with E-state index in [1.807, 2.05) is 11.8 Å². The van der Waals surface area contributed by atoms with Crippen LogP contribution in [0.3, 0.4) is 0 Å². The van der Waals surface area contributed by atoms with Gasteiger partial charge in [0, 0.05) is 17.4 Å². The lowest BCUT2D eigenvalue weighted by atomic mass is 10.0. The molecule has 0 aromatic heterocycles. The molecule has 2 fully saturated rings. The Kier molecular flexibility index (Phi) is 4.15. The molecule has 0 bridgehead atoms. The third-order valence-corrected chi connectivity index (χ3v) is 4.79. The van der Waals surface area contributed by atoms with E-state index in [0.29, 0.717) is 11.7 Å². The third-order valence-electron chi connectivity index (χ3n) is 3.29. The second-order valence-corrected chi connectivity index (χ2v) is 5.72. The maximum Gasteiger partial charge on any atom is 0.315 e. The summed E-state index contributed by atoms with van der Waals surface area (Å²) in [5, 5.41) is 6.37. The molecule has 2 N–H and O–H groups in total. The number of urea groups is 1. The Morgan fingerprint density at radius 1 is 1.47 bits per heavy atom. The van der Waals surface area contributed by atoms with Gasteiger partial charge in [-0.2, -0.15) is 11.8 Å². The van der Waals surface area contributed by atoms with Gasteiger partial charge in [0.25, 0.3) is 0 Å². The normalized spacial score (nSPS) is 30.6. The zero-order valence-electron chi connectivity index (χ0n) is 9.90. The van der Waals surface area contributed by atoms with Crippen molar-refractivity contribution in [3.8, 4) is 0 Å².